The third-order valence-electron chi connectivity index (χ3n) is 8.75. The van der Waals surface area contributed by atoms with Gasteiger partial charge in [0.2, 0.25) is 11.9 Å². The van der Waals surface area contributed by atoms with Gasteiger partial charge >= 0.3 is 0 Å². The number of aliphatic hydroxyl groups is 1. The Morgan fingerprint density at radius 3 is 1.89 bits per heavy atom. The summed E-state index contributed by atoms with van der Waals surface area (Å²) in [6.07, 6.45) is 3.96. The number of nitrogens with one attached hydrogen (secondary N) is 2. The van der Waals surface area contributed by atoms with Gasteiger partial charge in [0.15, 0.2) is 5.16 Å². The average Bonchev–Trinajstić information content (AvgIpc) is 3.18. The van der Waals surface area contributed by atoms with Crippen molar-refractivity contribution < 1.29 is 27.6 Å². The molecule has 1 heterocycles. The zero-order valence-electron chi connectivity index (χ0n) is 33.1. The molecule has 4 rings (SSSR count). The number of aromatic nitrogens is 3. The van der Waals surface area contributed by atoms with Crippen LogP contribution in [0.1, 0.15) is 48.0 Å². The standard InChI is InChI=1S/C38H52N10O6S2/c1-9-15-25-24(10-2)27(16-17-35(25)56(50,51)52)45-46-30-23-34(54-8)32(48(13-5)14-6)22-29(30)41-37-42-36(43-38(44-37)55-19-18-49)40-28-21-31(47(11-3)12-4)33(53-7)20-26(28)39/h10,15-17,20-23,49H,9,11-14,18-19,39H2,1-8H3,(H,50,51,52)(H2,40,41,42,43,44)/b24-10+,25-15+,46-45?. The summed E-state index contributed by atoms with van der Waals surface area (Å²) in [6.45, 7) is 14.6. The van der Waals surface area contributed by atoms with Gasteiger partial charge in [-0.15, -0.1) is 10.2 Å². The Hall–Kier alpha value is -5.17. The number of rotatable bonds is 19. The summed E-state index contributed by atoms with van der Waals surface area (Å²) in [5.74, 6) is 1.91. The van der Waals surface area contributed by atoms with Crippen molar-refractivity contribution in [2.24, 2.45) is 10.2 Å². The van der Waals surface area contributed by atoms with E-state index in [1.807, 2.05) is 32.9 Å². The Morgan fingerprint density at radius 1 is 0.821 bits per heavy atom. The zero-order valence-corrected chi connectivity index (χ0v) is 34.8. The minimum absolute atomic E-state index is 0.0864. The van der Waals surface area contributed by atoms with Crippen LogP contribution in [0.3, 0.4) is 0 Å². The van der Waals surface area contributed by atoms with Gasteiger partial charge in [0.05, 0.1) is 55.0 Å². The molecule has 0 spiro atoms. The van der Waals surface area contributed by atoms with Gasteiger partial charge in [0, 0.05) is 54.5 Å². The molecule has 0 bridgehead atoms. The second-order valence-corrected chi connectivity index (χ2v) is 14.5. The number of nitrogens with two attached hydrogens (primary N) is 1. The van der Waals surface area contributed by atoms with Gasteiger partial charge in [-0.05, 0) is 65.3 Å². The van der Waals surface area contributed by atoms with Crippen molar-refractivity contribution in [1.82, 2.24) is 15.0 Å². The second kappa shape index (κ2) is 20.1. The molecule has 0 aliphatic rings. The molecular weight excluding hydrogens is 757 g/mol. The monoisotopic (exact) mass is 808 g/mol. The van der Waals surface area contributed by atoms with E-state index in [0.29, 0.717) is 80.8 Å². The maximum atomic E-state index is 12.2. The normalized spacial score (nSPS) is 12.3. The zero-order chi connectivity index (χ0) is 41.0. The lowest BCUT2D eigenvalue weighted by Gasteiger charge is -2.25. The van der Waals surface area contributed by atoms with E-state index < -0.39 is 10.1 Å². The van der Waals surface area contributed by atoms with Crippen LogP contribution in [-0.2, 0) is 10.1 Å². The minimum atomic E-state index is -4.50. The van der Waals surface area contributed by atoms with Crippen LogP contribution in [0.25, 0.3) is 12.2 Å². The molecule has 0 saturated carbocycles. The van der Waals surface area contributed by atoms with E-state index in [2.05, 4.69) is 54.5 Å². The molecule has 18 heteroatoms. The maximum Gasteiger partial charge on any atom is 0.295 e. The van der Waals surface area contributed by atoms with Crippen molar-refractivity contribution in [3.05, 3.63) is 46.8 Å². The molecule has 4 aromatic rings. The first-order valence-electron chi connectivity index (χ1n) is 18.3. The molecule has 56 heavy (non-hydrogen) atoms. The van der Waals surface area contributed by atoms with E-state index in [1.54, 1.807) is 45.4 Å². The number of thioether (sulfide) groups is 1. The van der Waals surface area contributed by atoms with Crippen molar-refractivity contribution in [3.63, 3.8) is 0 Å². The van der Waals surface area contributed by atoms with Crippen LogP contribution in [0.15, 0.2) is 56.7 Å². The molecule has 3 aromatic carbocycles. The Labute approximate surface area is 332 Å². The van der Waals surface area contributed by atoms with E-state index in [-0.39, 0.29) is 23.4 Å². The van der Waals surface area contributed by atoms with Crippen molar-refractivity contribution in [2.75, 3.05) is 78.9 Å². The number of azo groups is 1. The number of nitrogens with zero attached hydrogens (tertiary/aromatic N) is 7. The Bertz CT molecular complexity index is 2250. The van der Waals surface area contributed by atoms with E-state index >= 15 is 0 Å². The number of anilines is 7. The largest absolute Gasteiger partial charge is 0.495 e. The van der Waals surface area contributed by atoms with Crippen LogP contribution < -0.4 is 46.1 Å². The molecule has 6 N–H and O–H groups in total. The van der Waals surface area contributed by atoms with E-state index in [9.17, 15) is 18.1 Å². The van der Waals surface area contributed by atoms with Gasteiger partial charge in [0.25, 0.3) is 10.1 Å². The van der Waals surface area contributed by atoms with Gasteiger partial charge in [-0.3, -0.25) is 4.55 Å². The molecule has 1 aromatic heterocycles. The number of aliphatic hydroxyl groups excluding tert-OH is 1. The molecular formula is C38H52N10O6S2. The van der Waals surface area contributed by atoms with Gasteiger partial charge in [-0.25, -0.2) is 0 Å². The van der Waals surface area contributed by atoms with E-state index in [1.165, 1.54) is 23.9 Å². The lowest BCUT2D eigenvalue weighted by Crippen LogP contribution is -2.30. The van der Waals surface area contributed by atoms with Crippen molar-refractivity contribution in [1.29, 1.82) is 0 Å². The Morgan fingerprint density at radius 2 is 1.38 bits per heavy atom. The first-order chi connectivity index (χ1) is 26.9. The number of hydrogen-bond donors (Lipinski definition) is 5. The smallest absolute Gasteiger partial charge is 0.295 e. The summed E-state index contributed by atoms with van der Waals surface area (Å²) < 4.78 is 45.8. The number of methoxy groups -OCH3 is 2. The van der Waals surface area contributed by atoms with Crippen LogP contribution in [0, 0.1) is 0 Å². The maximum absolute atomic E-state index is 12.2. The van der Waals surface area contributed by atoms with Gasteiger partial charge < -0.3 is 40.7 Å². The topological polar surface area (TPSA) is 213 Å². The van der Waals surface area contributed by atoms with E-state index in [0.717, 1.165) is 24.5 Å². The molecule has 0 aliphatic heterocycles. The van der Waals surface area contributed by atoms with Gasteiger partial charge in [-0.2, -0.15) is 23.4 Å². The summed E-state index contributed by atoms with van der Waals surface area (Å²) in [7, 11) is -1.32. The third-order valence-corrected chi connectivity index (χ3v) is 10.5. The first-order valence-corrected chi connectivity index (χ1v) is 20.7. The van der Waals surface area contributed by atoms with Crippen molar-refractivity contribution >= 4 is 85.7 Å². The molecule has 0 amide bonds. The average molecular weight is 809 g/mol. The lowest BCUT2D eigenvalue weighted by atomic mass is 10.1. The minimum Gasteiger partial charge on any atom is -0.495 e. The van der Waals surface area contributed by atoms with Crippen LogP contribution in [-0.4, -0.2) is 85.8 Å². The highest BCUT2D eigenvalue weighted by atomic mass is 32.2. The predicted molar refractivity (Wildman–Crippen MR) is 226 cm³/mol. The molecule has 302 valence electrons. The SMILES string of the molecule is C/C=c1/c(N=Nc2cc(OC)c(N(CC)CC)cc2Nc2nc(Nc3cc(N(CC)CC)c(OC)cc3N)nc(SCCO)n2)ccc(S(=O)(=O)O)/c1=C/CC. The van der Waals surface area contributed by atoms with Crippen molar-refractivity contribution in [2.45, 2.75) is 58.0 Å². The third kappa shape index (κ3) is 10.4. The summed E-state index contributed by atoms with van der Waals surface area (Å²) in [5, 5.41) is 26.6. The fourth-order valence-corrected chi connectivity index (χ4v) is 7.32. The van der Waals surface area contributed by atoms with Crippen LogP contribution in [0.5, 0.6) is 11.5 Å². The molecule has 0 unspecified atom stereocenters. The Kier molecular flexibility index (Phi) is 15.7. The highest BCUT2D eigenvalue weighted by Gasteiger charge is 2.19. The number of ether oxygens (including phenoxy) is 2. The fourth-order valence-electron chi connectivity index (χ4n) is 6.04. The molecule has 0 aliphatic carbocycles. The highest BCUT2D eigenvalue weighted by Crippen LogP contribution is 2.41. The quantitative estimate of drug-likeness (QED) is 0.0301. The highest BCUT2D eigenvalue weighted by molar-refractivity contribution is 7.99. The number of benzene rings is 3. The molecule has 0 saturated heterocycles. The summed E-state index contributed by atoms with van der Waals surface area (Å²) >= 11 is 1.25. The molecule has 16 nitrogen and oxygen atoms in total. The predicted octanol–water partition coefficient (Wildman–Crippen LogP) is 6.39. The van der Waals surface area contributed by atoms with Crippen molar-refractivity contribution in [3.8, 4) is 11.5 Å². The Balaban J connectivity index is 1.90. The van der Waals surface area contributed by atoms with Crippen LogP contribution in [0.4, 0.5) is 51.7 Å². The summed E-state index contributed by atoms with van der Waals surface area (Å²) in [4.78, 5) is 18.0. The molecule has 0 fully saturated rings. The van der Waals surface area contributed by atoms with Gasteiger partial charge in [0.1, 0.15) is 22.1 Å². The molecule has 0 atom stereocenters. The second-order valence-electron chi connectivity index (χ2n) is 12.1. The fraction of sp³-hybridized carbons (Fsp3) is 0.395. The number of nitrogen functional groups attached to an aromatic ring is 1. The van der Waals surface area contributed by atoms with Crippen LogP contribution in [0.2, 0.25) is 0 Å². The summed E-state index contributed by atoms with van der Waals surface area (Å²) in [5.41, 5.74) is 10.3. The van der Waals surface area contributed by atoms with Crippen LogP contribution >= 0.6 is 11.8 Å². The lowest BCUT2D eigenvalue weighted by molar-refractivity contribution is 0.322. The number of hydrogen-bond acceptors (Lipinski definition) is 16. The van der Waals surface area contributed by atoms with E-state index in [4.69, 9.17) is 20.2 Å². The first kappa shape index (κ1) is 43.6. The van der Waals surface area contributed by atoms with Gasteiger partial charge in [-0.1, -0.05) is 30.8 Å². The molecule has 0 radical (unpaired) electrons. The summed E-state index contributed by atoms with van der Waals surface area (Å²) in [6, 6.07) is 10.1.